The van der Waals surface area contributed by atoms with E-state index in [1.165, 1.54) is 20.3 Å². The smallest absolute Gasteiger partial charge is 0.103 e. The molecule has 4 heteroatoms. The first-order valence-corrected chi connectivity index (χ1v) is 7.84. The normalized spacial score (nSPS) is 10.8. The number of hydrogen-bond acceptors (Lipinski definition) is 4. The summed E-state index contributed by atoms with van der Waals surface area (Å²) in [6.07, 6.45) is 0.943. The molecule has 1 heterocycles. The molecule has 2 aromatic rings. The van der Waals surface area contributed by atoms with Crippen LogP contribution >= 0.6 is 23.1 Å². The van der Waals surface area contributed by atoms with Crippen molar-refractivity contribution in [3.05, 3.63) is 45.4 Å². The highest BCUT2D eigenvalue weighted by Gasteiger charge is 2.07. The van der Waals surface area contributed by atoms with E-state index >= 15 is 0 Å². The average molecular weight is 278 g/mol. The Balaban J connectivity index is 2.02. The summed E-state index contributed by atoms with van der Waals surface area (Å²) >= 11 is 3.65. The van der Waals surface area contributed by atoms with Crippen LogP contribution in [0, 0.1) is 13.8 Å². The Labute approximate surface area is 117 Å². The fourth-order valence-corrected chi connectivity index (χ4v) is 3.88. The van der Waals surface area contributed by atoms with Crippen molar-refractivity contribution in [1.82, 2.24) is 4.98 Å². The van der Waals surface area contributed by atoms with Gasteiger partial charge in [-0.3, -0.25) is 0 Å². The molecular formula is C14H18N2S2. The van der Waals surface area contributed by atoms with Gasteiger partial charge in [-0.1, -0.05) is 18.2 Å². The number of thiazole rings is 1. The standard InChI is InChI=1S/C14H18N2S2/c1-10-5-3-4-6-12(10)17-9-14-16-11(2)13(18-14)7-8-15/h3-6H,7-9,15H2,1-2H3. The van der Waals surface area contributed by atoms with Crippen molar-refractivity contribution in [2.24, 2.45) is 5.73 Å². The molecule has 0 radical (unpaired) electrons. The molecule has 2 nitrogen and oxygen atoms in total. The first kappa shape index (κ1) is 13.6. The van der Waals surface area contributed by atoms with Gasteiger partial charge < -0.3 is 5.73 Å². The number of aromatic nitrogens is 1. The maximum atomic E-state index is 5.60. The van der Waals surface area contributed by atoms with Crippen molar-refractivity contribution in [2.45, 2.75) is 30.9 Å². The fraction of sp³-hybridized carbons (Fsp3) is 0.357. The lowest BCUT2D eigenvalue weighted by atomic mass is 10.2. The minimum Gasteiger partial charge on any atom is -0.330 e. The predicted octanol–water partition coefficient (Wildman–Crippen LogP) is 3.55. The van der Waals surface area contributed by atoms with E-state index in [0.29, 0.717) is 6.54 Å². The van der Waals surface area contributed by atoms with Crippen LogP contribution in [0.1, 0.15) is 21.1 Å². The second kappa shape index (κ2) is 6.36. The Kier molecular flexibility index (Phi) is 4.80. The molecule has 0 atom stereocenters. The van der Waals surface area contributed by atoms with E-state index in [2.05, 4.69) is 43.1 Å². The van der Waals surface area contributed by atoms with E-state index in [9.17, 15) is 0 Å². The molecule has 0 aliphatic heterocycles. The average Bonchev–Trinajstić information content (AvgIpc) is 2.70. The second-order valence-electron chi connectivity index (χ2n) is 4.21. The molecular weight excluding hydrogens is 260 g/mol. The maximum absolute atomic E-state index is 5.60. The molecule has 0 aliphatic rings. The molecule has 0 bridgehead atoms. The summed E-state index contributed by atoms with van der Waals surface area (Å²) in [5.41, 5.74) is 8.07. The molecule has 18 heavy (non-hydrogen) atoms. The molecule has 0 amide bonds. The van der Waals surface area contributed by atoms with Gasteiger partial charge in [0, 0.05) is 9.77 Å². The Bertz CT molecular complexity index is 520. The summed E-state index contributed by atoms with van der Waals surface area (Å²) < 4.78 is 0. The van der Waals surface area contributed by atoms with Crippen LogP contribution in [-0.2, 0) is 12.2 Å². The number of nitrogens with two attached hydrogens (primary N) is 1. The third-order valence-corrected chi connectivity index (χ3v) is 5.34. The number of hydrogen-bond donors (Lipinski definition) is 1. The SMILES string of the molecule is Cc1ccccc1SCc1nc(C)c(CCN)s1. The van der Waals surface area contributed by atoms with Gasteiger partial charge in [0.15, 0.2) is 0 Å². The minimum absolute atomic E-state index is 0.702. The number of benzene rings is 1. The first-order valence-electron chi connectivity index (χ1n) is 6.04. The topological polar surface area (TPSA) is 38.9 Å². The van der Waals surface area contributed by atoms with Crippen LogP contribution in [0.2, 0.25) is 0 Å². The van der Waals surface area contributed by atoms with Gasteiger partial charge in [-0.05, 0) is 38.4 Å². The Morgan fingerprint density at radius 1 is 1.28 bits per heavy atom. The molecule has 0 aliphatic carbocycles. The Morgan fingerprint density at radius 2 is 2.06 bits per heavy atom. The monoisotopic (exact) mass is 278 g/mol. The molecule has 1 aromatic heterocycles. The van der Waals surface area contributed by atoms with Crippen LogP contribution in [0.15, 0.2) is 29.2 Å². The highest BCUT2D eigenvalue weighted by molar-refractivity contribution is 7.98. The van der Waals surface area contributed by atoms with Crippen LogP contribution in [0.3, 0.4) is 0 Å². The lowest BCUT2D eigenvalue weighted by Crippen LogP contribution is -2.01. The van der Waals surface area contributed by atoms with Crippen molar-refractivity contribution in [3.63, 3.8) is 0 Å². The number of thioether (sulfide) groups is 1. The van der Waals surface area contributed by atoms with Crippen LogP contribution in [0.25, 0.3) is 0 Å². The third kappa shape index (κ3) is 3.34. The van der Waals surface area contributed by atoms with Crippen LogP contribution in [-0.4, -0.2) is 11.5 Å². The van der Waals surface area contributed by atoms with Crippen molar-refractivity contribution >= 4 is 23.1 Å². The molecule has 2 N–H and O–H groups in total. The molecule has 96 valence electrons. The Morgan fingerprint density at radius 3 is 2.78 bits per heavy atom. The zero-order valence-corrected chi connectivity index (χ0v) is 12.4. The van der Waals surface area contributed by atoms with Gasteiger partial charge in [-0.15, -0.1) is 23.1 Å². The van der Waals surface area contributed by atoms with Crippen LogP contribution < -0.4 is 5.73 Å². The molecule has 0 saturated carbocycles. The lowest BCUT2D eigenvalue weighted by molar-refractivity contribution is 0.968. The minimum atomic E-state index is 0.702. The van der Waals surface area contributed by atoms with Crippen LogP contribution in [0.5, 0.6) is 0 Å². The molecule has 2 rings (SSSR count). The first-order chi connectivity index (χ1) is 8.70. The summed E-state index contributed by atoms with van der Waals surface area (Å²) in [4.78, 5) is 7.29. The van der Waals surface area contributed by atoms with Crippen molar-refractivity contribution in [3.8, 4) is 0 Å². The summed E-state index contributed by atoms with van der Waals surface area (Å²) in [5.74, 6) is 0.945. The number of aryl methyl sites for hydroxylation is 2. The van der Waals surface area contributed by atoms with E-state index in [0.717, 1.165) is 17.9 Å². The highest BCUT2D eigenvalue weighted by atomic mass is 32.2. The van der Waals surface area contributed by atoms with E-state index in [1.54, 1.807) is 11.3 Å². The molecule has 1 aromatic carbocycles. The van der Waals surface area contributed by atoms with Crippen molar-refractivity contribution in [2.75, 3.05) is 6.54 Å². The zero-order valence-electron chi connectivity index (χ0n) is 10.8. The fourth-order valence-electron chi connectivity index (χ4n) is 1.77. The van der Waals surface area contributed by atoms with Crippen LogP contribution in [0.4, 0.5) is 0 Å². The Hall–Kier alpha value is -0.840. The lowest BCUT2D eigenvalue weighted by Gasteiger charge is -2.02. The quantitative estimate of drug-likeness (QED) is 0.850. The van der Waals surface area contributed by atoms with Gasteiger partial charge in [0.25, 0.3) is 0 Å². The van der Waals surface area contributed by atoms with Gasteiger partial charge in [-0.2, -0.15) is 0 Å². The molecule has 0 unspecified atom stereocenters. The van der Waals surface area contributed by atoms with E-state index in [1.807, 2.05) is 11.8 Å². The highest BCUT2D eigenvalue weighted by Crippen LogP contribution is 2.28. The predicted molar refractivity (Wildman–Crippen MR) is 80.3 cm³/mol. The van der Waals surface area contributed by atoms with E-state index < -0.39 is 0 Å². The summed E-state index contributed by atoms with van der Waals surface area (Å²) in [7, 11) is 0. The largest absolute Gasteiger partial charge is 0.330 e. The number of rotatable bonds is 5. The summed E-state index contributed by atoms with van der Waals surface area (Å²) in [6, 6.07) is 8.48. The van der Waals surface area contributed by atoms with E-state index in [4.69, 9.17) is 5.73 Å². The molecule has 0 saturated heterocycles. The summed E-state index contributed by atoms with van der Waals surface area (Å²) in [6.45, 7) is 4.92. The van der Waals surface area contributed by atoms with Crippen molar-refractivity contribution in [1.29, 1.82) is 0 Å². The van der Waals surface area contributed by atoms with Gasteiger partial charge in [0.05, 0.1) is 11.4 Å². The maximum Gasteiger partial charge on any atom is 0.103 e. The van der Waals surface area contributed by atoms with Gasteiger partial charge in [0.1, 0.15) is 5.01 Å². The number of nitrogens with zero attached hydrogens (tertiary/aromatic N) is 1. The van der Waals surface area contributed by atoms with Gasteiger partial charge in [0.2, 0.25) is 0 Å². The van der Waals surface area contributed by atoms with Gasteiger partial charge >= 0.3 is 0 Å². The molecule has 0 fully saturated rings. The van der Waals surface area contributed by atoms with E-state index in [-0.39, 0.29) is 0 Å². The summed E-state index contributed by atoms with van der Waals surface area (Å²) in [5, 5.41) is 1.20. The van der Waals surface area contributed by atoms with Gasteiger partial charge in [-0.25, -0.2) is 4.98 Å². The third-order valence-electron chi connectivity index (χ3n) is 2.75. The zero-order chi connectivity index (χ0) is 13.0. The second-order valence-corrected chi connectivity index (χ2v) is 6.39. The van der Waals surface area contributed by atoms with Crippen molar-refractivity contribution < 1.29 is 0 Å². The molecule has 0 spiro atoms.